The van der Waals surface area contributed by atoms with Gasteiger partial charge in [0.25, 0.3) is 0 Å². The monoisotopic (exact) mass is 668 g/mol. The zero-order chi connectivity index (χ0) is 33.4. The molecule has 1 aliphatic heterocycles. The number of aryl methyl sites for hydroxylation is 1. The maximum Gasteiger partial charge on any atom is 0.123 e. The second-order valence-electron chi connectivity index (χ2n) is 12.7. The molecule has 0 radical (unpaired) electrons. The summed E-state index contributed by atoms with van der Waals surface area (Å²) in [5.41, 5.74) is 4.62. The van der Waals surface area contributed by atoms with E-state index >= 15 is 0 Å². The highest BCUT2D eigenvalue weighted by atomic mass is 32.1. The Hall–Kier alpha value is -2.13. The molecule has 260 valence electrons. The van der Waals surface area contributed by atoms with Gasteiger partial charge in [0.15, 0.2) is 0 Å². The maximum atomic E-state index is 13.5. The fourth-order valence-electron chi connectivity index (χ4n) is 5.92. The van der Waals surface area contributed by atoms with Crippen LogP contribution < -0.4 is 0 Å². The van der Waals surface area contributed by atoms with Crippen LogP contribution in [0.2, 0.25) is 0 Å². The summed E-state index contributed by atoms with van der Waals surface area (Å²) in [6.45, 7) is 14.0. The van der Waals surface area contributed by atoms with Gasteiger partial charge >= 0.3 is 0 Å². The maximum absolute atomic E-state index is 13.5. The molecular formula is C40H57FO5S. The van der Waals surface area contributed by atoms with Crippen LogP contribution in [-0.4, -0.2) is 57.5 Å². The Balaban J connectivity index is 1.65. The minimum atomic E-state index is -0.318. The van der Waals surface area contributed by atoms with Crippen molar-refractivity contribution in [2.45, 2.75) is 123 Å². The van der Waals surface area contributed by atoms with Gasteiger partial charge in [-0.3, -0.25) is 0 Å². The lowest BCUT2D eigenvalue weighted by Gasteiger charge is -2.46. The molecule has 0 spiro atoms. The Morgan fingerprint density at radius 3 is 1.98 bits per heavy atom. The van der Waals surface area contributed by atoms with Gasteiger partial charge in [0.05, 0.1) is 6.61 Å². The van der Waals surface area contributed by atoms with Crippen LogP contribution in [0, 0.1) is 12.7 Å². The number of thiophene rings is 1. The van der Waals surface area contributed by atoms with E-state index in [0.29, 0.717) is 33.0 Å². The highest BCUT2D eigenvalue weighted by Crippen LogP contribution is 2.39. The Morgan fingerprint density at radius 2 is 1.32 bits per heavy atom. The summed E-state index contributed by atoms with van der Waals surface area (Å²) < 4.78 is 46.7. The summed E-state index contributed by atoms with van der Waals surface area (Å²) >= 11 is 1.75. The molecule has 47 heavy (non-hydrogen) atoms. The van der Waals surface area contributed by atoms with Crippen molar-refractivity contribution in [3.8, 4) is 10.4 Å². The number of ether oxygens (including phenoxy) is 5. The van der Waals surface area contributed by atoms with Gasteiger partial charge in [0.2, 0.25) is 0 Å². The van der Waals surface area contributed by atoms with Crippen LogP contribution in [-0.2, 0) is 30.1 Å². The lowest BCUT2D eigenvalue weighted by Crippen LogP contribution is -2.58. The molecule has 1 aliphatic rings. The first-order chi connectivity index (χ1) is 23.0. The smallest absolute Gasteiger partial charge is 0.123 e. The van der Waals surface area contributed by atoms with Crippen molar-refractivity contribution in [3.63, 3.8) is 0 Å². The first-order valence-corrected chi connectivity index (χ1v) is 18.8. The lowest BCUT2D eigenvalue weighted by molar-refractivity contribution is -0.268. The molecular weight excluding hydrogens is 612 g/mol. The van der Waals surface area contributed by atoms with Crippen LogP contribution in [0.4, 0.5) is 4.39 Å². The van der Waals surface area contributed by atoms with Crippen molar-refractivity contribution < 1.29 is 28.1 Å². The topological polar surface area (TPSA) is 46.2 Å². The molecule has 0 aliphatic carbocycles. The van der Waals surface area contributed by atoms with Crippen molar-refractivity contribution in [1.82, 2.24) is 0 Å². The number of unbranched alkanes of at least 4 members (excludes halogenated alkanes) is 4. The number of hydrogen-bond donors (Lipinski definition) is 0. The van der Waals surface area contributed by atoms with Crippen LogP contribution in [0.15, 0.2) is 54.6 Å². The van der Waals surface area contributed by atoms with Crippen LogP contribution in [0.25, 0.3) is 10.4 Å². The van der Waals surface area contributed by atoms with Gasteiger partial charge in [-0.15, -0.1) is 11.3 Å². The van der Waals surface area contributed by atoms with Gasteiger partial charge < -0.3 is 23.7 Å². The van der Waals surface area contributed by atoms with Crippen molar-refractivity contribution >= 4 is 11.3 Å². The average molecular weight is 669 g/mol. The van der Waals surface area contributed by atoms with E-state index in [0.717, 1.165) is 73.8 Å². The van der Waals surface area contributed by atoms with E-state index in [9.17, 15) is 4.39 Å². The zero-order valence-corrected chi connectivity index (χ0v) is 30.1. The highest BCUT2D eigenvalue weighted by Gasteiger charge is 2.48. The fraction of sp³-hybridized carbons (Fsp3) is 0.600. The fourth-order valence-corrected chi connectivity index (χ4v) is 6.95. The first-order valence-electron chi connectivity index (χ1n) is 18.0. The summed E-state index contributed by atoms with van der Waals surface area (Å²) in [6, 6.07) is 17.7. The minimum absolute atomic E-state index is 0.216. The molecule has 1 fully saturated rings. The molecule has 0 saturated carbocycles. The molecule has 2 aromatic carbocycles. The third-order valence-corrected chi connectivity index (χ3v) is 9.97. The second kappa shape index (κ2) is 20.4. The Bertz CT molecular complexity index is 1290. The lowest BCUT2D eigenvalue weighted by atomic mass is 9.88. The Kier molecular flexibility index (Phi) is 16.4. The van der Waals surface area contributed by atoms with E-state index in [2.05, 4.69) is 65.0 Å². The van der Waals surface area contributed by atoms with E-state index in [4.69, 9.17) is 23.7 Å². The molecule has 4 rings (SSSR count). The normalized spacial score (nSPS) is 21.4. The van der Waals surface area contributed by atoms with Crippen molar-refractivity contribution in [1.29, 1.82) is 0 Å². The number of halogens is 1. The third-order valence-electron chi connectivity index (χ3n) is 8.84. The summed E-state index contributed by atoms with van der Waals surface area (Å²) in [6.07, 6.45) is 7.60. The van der Waals surface area contributed by atoms with E-state index < -0.39 is 0 Å². The van der Waals surface area contributed by atoms with Crippen molar-refractivity contribution in [2.75, 3.05) is 33.0 Å². The molecule has 0 N–H and O–H groups in total. The third kappa shape index (κ3) is 11.2. The number of benzene rings is 2. The van der Waals surface area contributed by atoms with Gasteiger partial charge in [-0.2, -0.15) is 0 Å². The number of hydrogen-bond acceptors (Lipinski definition) is 6. The van der Waals surface area contributed by atoms with Gasteiger partial charge in [0, 0.05) is 42.6 Å². The van der Waals surface area contributed by atoms with Crippen molar-refractivity contribution in [2.24, 2.45) is 0 Å². The molecule has 3 aromatic rings. The molecule has 0 unspecified atom stereocenters. The molecule has 5 atom stereocenters. The van der Waals surface area contributed by atoms with Crippen LogP contribution in [0.3, 0.4) is 0 Å². The molecule has 1 aromatic heterocycles. The average Bonchev–Trinajstić information content (AvgIpc) is 3.54. The Labute approximate surface area is 287 Å². The van der Waals surface area contributed by atoms with Crippen LogP contribution in [0.5, 0.6) is 0 Å². The van der Waals surface area contributed by atoms with Gasteiger partial charge in [-0.25, -0.2) is 4.39 Å². The standard InChI is InChI=1S/C40H57FO5S/c1-6-10-22-42-28-35-38(43-23-11-7-2)40(45-25-13-9-4)39(44-24-12-8-3)37(46-35)31-15-14-29(5)32(26-31)27-34-20-21-36(47-34)30-16-18-33(41)19-17-30/h14-21,26,35,37-40H,6-13,22-25,27-28H2,1-5H3/t35-,37-,38-,39+,40+/m1/s1. The predicted molar refractivity (Wildman–Crippen MR) is 191 cm³/mol. The molecule has 5 nitrogen and oxygen atoms in total. The first kappa shape index (κ1) is 37.7. The second-order valence-corrected chi connectivity index (χ2v) is 13.9. The SMILES string of the molecule is CCCCOC[C@H]1O[C@H](c2ccc(C)c(Cc3ccc(-c4ccc(F)cc4)s3)c2)[C@H](OCCCC)[C@@H](OCCCC)[C@@H]1OCCCC. The van der Waals surface area contributed by atoms with Gasteiger partial charge in [0.1, 0.15) is 36.3 Å². The minimum Gasteiger partial charge on any atom is -0.379 e. The predicted octanol–water partition coefficient (Wildman–Crippen LogP) is 10.3. The number of rotatable bonds is 21. The summed E-state index contributed by atoms with van der Waals surface area (Å²) in [5.74, 6) is -0.216. The van der Waals surface area contributed by atoms with E-state index in [1.807, 2.05) is 12.1 Å². The van der Waals surface area contributed by atoms with Crippen LogP contribution >= 0.6 is 11.3 Å². The molecule has 7 heteroatoms. The van der Waals surface area contributed by atoms with Gasteiger partial charge in [-0.05, 0) is 79.1 Å². The zero-order valence-electron chi connectivity index (χ0n) is 29.3. The molecule has 0 bridgehead atoms. The Morgan fingerprint density at radius 1 is 0.702 bits per heavy atom. The summed E-state index contributed by atoms with van der Waals surface area (Å²) in [4.78, 5) is 2.40. The van der Waals surface area contributed by atoms with Crippen molar-refractivity contribution in [3.05, 3.63) is 82.0 Å². The highest BCUT2D eigenvalue weighted by molar-refractivity contribution is 7.15. The molecule has 2 heterocycles. The molecule has 0 amide bonds. The largest absolute Gasteiger partial charge is 0.379 e. The quantitative estimate of drug-likeness (QED) is 0.106. The van der Waals surface area contributed by atoms with E-state index in [-0.39, 0.29) is 36.3 Å². The van der Waals surface area contributed by atoms with Gasteiger partial charge in [-0.1, -0.05) is 83.7 Å². The molecule has 1 saturated heterocycles. The van der Waals surface area contributed by atoms with E-state index in [1.165, 1.54) is 28.1 Å². The summed E-state index contributed by atoms with van der Waals surface area (Å²) in [5, 5.41) is 0. The summed E-state index contributed by atoms with van der Waals surface area (Å²) in [7, 11) is 0. The van der Waals surface area contributed by atoms with E-state index in [1.54, 1.807) is 11.3 Å². The van der Waals surface area contributed by atoms with Crippen LogP contribution in [0.1, 0.15) is 107 Å².